The lowest BCUT2D eigenvalue weighted by molar-refractivity contribution is -0.384. The second kappa shape index (κ2) is 10.9. The summed E-state index contributed by atoms with van der Waals surface area (Å²) in [4.78, 5) is 9.73. The van der Waals surface area contributed by atoms with E-state index in [0.29, 0.717) is 36.4 Å². The molecule has 0 radical (unpaired) electrons. The van der Waals surface area contributed by atoms with Crippen LogP contribution in [-0.4, -0.2) is 47.1 Å². The lowest BCUT2D eigenvalue weighted by atomic mass is 9.79. The van der Waals surface area contributed by atoms with E-state index in [1.165, 1.54) is 0 Å². The lowest BCUT2D eigenvalue weighted by Gasteiger charge is -2.41. The average Bonchev–Trinajstić information content (AvgIpc) is 2.81. The monoisotopic (exact) mass is 661 g/mol. The van der Waals surface area contributed by atoms with Crippen LogP contribution in [0.2, 0.25) is 0 Å². The maximum Gasteiger partial charge on any atom is 0.449 e. The van der Waals surface area contributed by atoms with Crippen LogP contribution in [0.4, 0.5) is 80.3 Å². The van der Waals surface area contributed by atoms with Crippen LogP contribution in [-0.2, 0) is 0 Å². The summed E-state index contributed by atoms with van der Waals surface area (Å²) in [5, 5.41) is 10.7. The van der Waals surface area contributed by atoms with Gasteiger partial charge < -0.3 is 9.47 Å². The van der Waals surface area contributed by atoms with Crippen molar-refractivity contribution >= 4 is 5.69 Å². The third-order valence-electron chi connectivity index (χ3n) is 5.07. The van der Waals surface area contributed by atoms with E-state index in [-0.39, 0.29) is 6.07 Å². The summed E-state index contributed by atoms with van der Waals surface area (Å²) >= 11 is 0. The zero-order valence-corrected chi connectivity index (χ0v) is 19.6. The predicted molar refractivity (Wildman–Crippen MR) is 105 cm³/mol. The van der Waals surface area contributed by atoms with Crippen LogP contribution in [0.25, 0.3) is 0 Å². The fraction of sp³-hybridized carbons (Fsp3) is 0.333. The number of ether oxygens (including phenoxy) is 2. The molecule has 22 heteroatoms. The number of nitro benzene ring substituents is 1. The van der Waals surface area contributed by atoms with Gasteiger partial charge in [0.2, 0.25) is 5.76 Å². The van der Waals surface area contributed by atoms with Crippen molar-refractivity contribution < 1.29 is 89.0 Å². The molecule has 0 aliphatic carbocycles. The van der Waals surface area contributed by atoms with E-state index in [0.717, 1.165) is 6.07 Å². The van der Waals surface area contributed by atoms with Crippen molar-refractivity contribution in [1.82, 2.24) is 0 Å². The largest absolute Gasteiger partial charge is 0.453 e. The Morgan fingerprint density at radius 3 is 1.28 bits per heavy atom. The van der Waals surface area contributed by atoms with Gasteiger partial charge >= 0.3 is 42.2 Å². The van der Waals surface area contributed by atoms with Crippen molar-refractivity contribution in [3.05, 3.63) is 70.0 Å². The molecule has 0 spiro atoms. The fourth-order valence-electron chi connectivity index (χ4n) is 3.18. The van der Waals surface area contributed by atoms with E-state index < -0.39 is 81.4 Å². The molecule has 0 N–H and O–H groups in total. The highest BCUT2D eigenvalue weighted by Gasteiger charge is 2.88. The van der Waals surface area contributed by atoms with Crippen molar-refractivity contribution in [2.75, 3.05) is 0 Å². The Morgan fingerprint density at radius 2 is 0.953 bits per heavy atom. The summed E-state index contributed by atoms with van der Waals surface area (Å²) in [6.07, 6.45) is -39.9. The minimum absolute atomic E-state index is 0.0757. The van der Waals surface area contributed by atoms with Gasteiger partial charge in [-0.2, -0.15) is 65.9 Å². The van der Waals surface area contributed by atoms with Gasteiger partial charge in [0.05, 0.1) is 10.5 Å². The second-order valence-corrected chi connectivity index (χ2v) is 7.91. The van der Waals surface area contributed by atoms with Crippen LogP contribution in [0, 0.1) is 10.1 Å². The Bertz CT molecular complexity index is 1280. The van der Waals surface area contributed by atoms with Gasteiger partial charge in [0.1, 0.15) is 5.75 Å². The number of benzene rings is 2. The first-order valence-electron chi connectivity index (χ1n) is 10.3. The number of allylic oxidation sites excluding steroid dienone is 2. The van der Waals surface area contributed by atoms with Crippen molar-refractivity contribution in [2.24, 2.45) is 0 Å². The molecule has 2 aromatic carbocycles. The first kappa shape index (κ1) is 35.2. The molecule has 0 fully saturated rings. The highest BCUT2D eigenvalue weighted by molar-refractivity contribution is 5.47. The van der Waals surface area contributed by atoms with Crippen molar-refractivity contribution in [3.63, 3.8) is 0 Å². The minimum atomic E-state index is -8.33. The van der Waals surface area contributed by atoms with Crippen LogP contribution in [0.3, 0.4) is 0 Å². The molecule has 0 atom stereocenters. The fourth-order valence-corrected chi connectivity index (χ4v) is 3.18. The Kier molecular flexibility index (Phi) is 8.94. The number of halogens is 17. The van der Waals surface area contributed by atoms with Crippen LogP contribution in [0.5, 0.6) is 17.2 Å². The molecule has 0 heterocycles. The normalized spacial score (nSPS) is 13.9. The maximum absolute atomic E-state index is 14.8. The zero-order valence-electron chi connectivity index (χ0n) is 19.6. The molecule has 0 aliphatic rings. The molecule has 0 saturated carbocycles. The smallest absolute Gasteiger partial charge is 0.449 e. The van der Waals surface area contributed by atoms with Crippen LogP contribution in [0.15, 0.2) is 59.9 Å². The number of nitrogens with zero attached hydrogens (tertiary/aromatic N) is 1. The molecule has 2 aromatic rings. The van der Waals surface area contributed by atoms with Gasteiger partial charge in [-0.3, -0.25) is 10.1 Å². The molecule has 5 nitrogen and oxygen atoms in total. The summed E-state index contributed by atoms with van der Waals surface area (Å²) in [5.74, 6) is -8.55. The average molecular weight is 661 g/mol. The van der Waals surface area contributed by atoms with Crippen molar-refractivity contribution in [3.8, 4) is 17.2 Å². The highest BCUT2D eigenvalue weighted by atomic mass is 19.4. The minimum Gasteiger partial charge on any atom is -0.453 e. The number of hydrogen-bond acceptors (Lipinski definition) is 4. The van der Waals surface area contributed by atoms with Crippen LogP contribution < -0.4 is 9.47 Å². The van der Waals surface area contributed by atoms with E-state index in [1.54, 1.807) is 0 Å². The number of rotatable bonds is 7. The second-order valence-electron chi connectivity index (χ2n) is 7.91. The van der Waals surface area contributed by atoms with Gasteiger partial charge in [0, 0.05) is 12.1 Å². The molecular formula is C21H8F17NO4. The third-order valence-corrected chi connectivity index (χ3v) is 5.07. The first-order chi connectivity index (χ1) is 19.1. The summed E-state index contributed by atoms with van der Waals surface area (Å²) < 4.78 is 240. The third kappa shape index (κ3) is 6.50. The number of nitro groups is 1. The summed E-state index contributed by atoms with van der Waals surface area (Å²) in [7, 11) is 0. The van der Waals surface area contributed by atoms with Gasteiger partial charge in [-0.05, 0) is 24.3 Å². The van der Waals surface area contributed by atoms with Gasteiger partial charge in [-0.15, -0.1) is 0 Å². The van der Waals surface area contributed by atoms with E-state index in [9.17, 15) is 84.8 Å². The Morgan fingerprint density at radius 1 is 0.581 bits per heavy atom. The number of alkyl halides is 17. The summed E-state index contributed by atoms with van der Waals surface area (Å²) in [6.45, 7) is 0. The van der Waals surface area contributed by atoms with E-state index in [1.807, 2.05) is 0 Å². The lowest BCUT2D eigenvalue weighted by Crippen LogP contribution is -2.67. The first-order valence-corrected chi connectivity index (χ1v) is 10.3. The van der Waals surface area contributed by atoms with Gasteiger partial charge in [-0.1, -0.05) is 12.1 Å². The molecule has 0 aromatic heterocycles. The van der Waals surface area contributed by atoms with E-state index in [2.05, 4.69) is 4.74 Å². The molecule has 43 heavy (non-hydrogen) atoms. The maximum atomic E-state index is 14.8. The molecule has 0 saturated heterocycles. The standard InChI is InChI=1S/C21H8F17NO4/c22-15(18(27,28)29,19(30,31)32)13(16(23,20(33,34)35)21(36,37)38)14(17(24,25)26)43-12-4-2-1-3-11(12)42-10-7-5-9(6-8-10)39(40)41/h1-8H. The molecule has 0 bridgehead atoms. The Balaban J connectivity index is 3.08. The molecule has 0 unspecified atom stereocenters. The van der Waals surface area contributed by atoms with E-state index in [4.69, 9.17) is 4.74 Å². The topological polar surface area (TPSA) is 61.6 Å². The zero-order chi connectivity index (χ0) is 33.6. The molecule has 2 rings (SSSR count). The predicted octanol–water partition coefficient (Wildman–Crippen LogP) is 9.25. The van der Waals surface area contributed by atoms with Crippen LogP contribution in [0.1, 0.15) is 0 Å². The molecule has 240 valence electrons. The molecule has 0 aliphatic heterocycles. The van der Waals surface area contributed by atoms with Gasteiger partial charge in [0.15, 0.2) is 11.5 Å². The number of para-hydroxylation sites is 2. The SMILES string of the molecule is O=[N+]([O-])c1ccc(Oc2ccccc2OC(=C(C(F)(C(F)(F)F)C(F)(F)F)C(F)(C(F)(F)F)C(F)(F)F)C(F)(F)F)cc1. The summed E-state index contributed by atoms with van der Waals surface area (Å²) in [5.41, 5.74) is -22.9. The van der Waals surface area contributed by atoms with Crippen molar-refractivity contribution in [2.45, 2.75) is 42.2 Å². The molecular weight excluding hydrogens is 653 g/mol. The van der Waals surface area contributed by atoms with Gasteiger partial charge in [-0.25, -0.2) is 8.78 Å². The molecule has 0 amide bonds. The number of non-ortho nitro benzene ring substituents is 1. The number of hydrogen-bond donors (Lipinski definition) is 0. The Labute approximate surface area is 225 Å². The Hall–Kier alpha value is -4.01. The summed E-state index contributed by atoms with van der Waals surface area (Å²) in [6, 6.07) is 4.50. The highest BCUT2D eigenvalue weighted by Crippen LogP contribution is 2.63. The quantitative estimate of drug-likeness (QED) is 0.129. The van der Waals surface area contributed by atoms with Crippen molar-refractivity contribution in [1.29, 1.82) is 0 Å². The van der Waals surface area contributed by atoms with E-state index >= 15 is 0 Å². The van der Waals surface area contributed by atoms with Gasteiger partial charge in [0.25, 0.3) is 5.69 Å². The van der Waals surface area contributed by atoms with Crippen LogP contribution >= 0.6 is 0 Å².